The minimum Gasteiger partial charge on any atom is -0.463 e. The molecule has 1 aromatic carbocycles. The van der Waals surface area contributed by atoms with Gasteiger partial charge in [-0.05, 0) is 30.6 Å². The minimum absolute atomic E-state index is 0.178. The predicted molar refractivity (Wildman–Crippen MR) is 80.4 cm³/mol. The molecule has 0 fully saturated rings. The van der Waals surface area contributed by atoms with Crippen molar-refractivity contribution in [1.29, 1.82) is 0 Å². The Kier molecular flexibility index (Phi) is 7.04. The van der Waals surface area contributed by atoms with Crippen LogP contribution in [-0.2, 0) is 19.4 Å². The zero-order valence-electron chi connectivity index (χ0n) is 11.3. The van der Waals surface area contributed by atoms with Gasteiger partial charge in [-0.25, -0.2) is 8.42 Å². The molecule has 20 heavy (non-hydrogen) atoms. The van der Waals surface area contributed by atoms with Crippen LogP contribution in [0.1, 0.15) is 6.42 Å². The van der Waals surface area contributed by atoms with Crippen LogP contribution in [0.3, 0.4) is 0 Å². The topological polar surface area (TPSA) is 86.5 Å². The molecule has 2 N–H and O–H groups in total. The molecule has 5 nitrogen and oxygen atoms in total. The summed E-state index contributed by atoms with van der Waals surface area (Å²) >= 11 is 1.59. The Morgan fingerprint density at radius 1 is 1.35 bits per heavy atom. The van der Waals surface area contributed by atoms with Crippen molar-refractivity contribution in [3.05, 3.63) is 30.3 Å². The van der Waals surface area contributed by atoms with Crippen LogP contribution in [0.2, 0.25) is 0 Å². The average molecular weight is 317 g/mol. The Morgan fingerprint density at radius 2 is 2.00 bits per heavy atom. The lowest BCUT2D eigenvalue weighted by Crippen LogP contribution is -2.33. The van der Waals surface area contributed by atoms with E-state index in [0.29, 0.717) is 6.42 Å². The first-order chi connectivity index (χ1) is 9.47. The van der Waals surface area contributed by atoms with Crippen molar-refractivity contribution in [3.8, 4) is 0 Å². The van der Waals surface area contributed by atoms with Gasteiger partial charge < -0.3 is 10.5 Å². The summed E-state index contributed by atoms with van der Waals surface area (Å²) in [5, 5.41) is 0. The van der Waals surface area contributed by atoms with E-state index in [1.807, 2.05) is 6.26 Å². The Morgan fingerprint density at radius 3 is 2.60 bits per heavy atom. The van der Waals surface area contributed by atoms with Gasteiger partial charge in [0.25, 0.3) is 0 Å². The molecule has 7 heteroatoms. The molecule has 0 radical (unpaired) electrons. The number of hydrogen-bond donors (Lipinski definition) is 1. The number of carbonyl (C=O) groups is 1. The summed E-state index contributed by atoms with van der Waals surface area (Å²) in [7, 11) is -3.42. The van der Waals surface area contributed by atoms with Gasteiger partial charge in [0.15, 0.2) is 9.84 Å². The quantitative estimate of drug-likeness (QED) is 0.722. The van der Waals surface area contributed by atoms with Crippen molar-refractivity contribution in [2.24, 2.45) is 5.73 Å². The maximum absolute atomic E-state index is 11.9. The molecule has 0 aromatic heterocycles. The van der Waals surface area contributed by atoms with Crippen molar-refractivity contribution in [2.75, 3.05) is 24.4 Å². The third-order valence-corrected chi connectivity index (χ3v) is 4.97. The standard InChI is InChI=1S/C13H19NO4S2/c1-19-9-7-12(14)13(15)18-8-10-20(16,17)11-5-3-2-4-6-11/h2-6,12H,7-10,14H2,1H3/t12-/m0/s1. The third kappa shape index (κ3) is 5.52. The van der Waals surface area contributed by atoms with Gasteiger partial charge in [-0.1, -0.05) is 18.2 Å². The van der Waals surface area contributed by atoms with Crippen LogP contribution >= 0.6 is 11.8 Å². The van der Waals surface area contributed by atoms with Crippen molar-refractivity contribution < 1.29 is 17.9 Å². The molecule has 0 aliphatic rings. The number of carbonyl (C=O) groups excluding carboxylic acids is 1. The van der Waals surface area contributed by atoms with Crippen molar-refractivity contribution in [3.63, 3.8) is 0 Å². The second-order valence-electron chi connectivity index (χ2n) is 4.19. The zero-order chi connectivity index (χ0) is 15.0. The Bertz CT molecular complexity index is 516. The zero-order valence-corrected chi connectivity index (χ0v) is 13.0. The number of nitrogens with two attached hydrogens (primary N) is 1. The number of esters is 1. The van der Waals surface area contributed by atoms with Gasteiger partial charge in [-0.2, -0.15) is 11.8 Å². The predicted octanol–water partition coefficient (Wildman–Crippen LogP) is 1.08. The fraction of sp³-hybridized carbons (Fsp3) is 0.462. The van der Waals surface area contributed by atoms with Crippen LogP contribution in [0.4, 0.5) is 0 Å². The monoisotopic (exact) mass is 317 g/mol. The average Bonchev–Trinajstić information content (AvgIpc) is 2.45. The Balaban J connectivity index is 2.42. The number of ether oxygens (including phenoxy) is 1. The SMILES string of the molecule is CSCC[C@H](N)C(=O)OCCS(=O)(=O)c1ccccc1. The first-order valence-electron chi connectivity index (χ1n) is 6.16. The van der Waals surface area contributed by atoms with Crippen LogP contribution in [0.5, 0.6) is 0 Å². The van der Waals surface area contributed by atoms with E-state index < -0.39 is 21.8 Å². The highest BCUT2D eigenvalue weighted by atomic mass is 32.2. The molecule has 0 saturated carbocycles. The van der Waals surface area contributed by atoms with E-state index in [9.17, 15) is 13.2 Å². The van der Waals surface area contributed by atoms with Gasteiger partial charge in [0.2, 0.25) is 0 Å². The van der Waals surface area contributed by atoms with E-state index in [2.05, 4.69) is 0 Å². The molecule has 1 atom stereocenters. The number of benzene rings is 1. The highest BCUT2D eigenvalue weighted by Gasteiger charge is 2.18. The molecule has 0 aliphatic heterocycles. The molecule has 0 unspecified atom stereocenters. The molecule has 0 aliphatic carbocycles. The van der Waals surface area contributed by atoms with E-state index in [4.69, 9.17) is 10.5 Å². The van der Waals surface area contributed by atoms with Crippen molar-refractivity contribution in [2.45, 2.75) is 17.4 Å². The first-order valence-corrected chi connectivity index (χ1v) is 9.21. The lowest BCUT2D eigenvalue weighted by Gasteiger charge is -2.11. The van der Waals surface area contributed by atoms with E-state index in [0.717, 1.165) is 5.75 Å². The largest absolute Gasteiger partial charge is 0.463 e. The van der Waals surface area contributed by atoms with Gasteiger partial charge >= 0.3 is 5.97 Å². The number of thioether (sulfide) groups is 1. The van der Waals surface area contributed by atoms with E-state index in [-0.39, 0.29) is 17.3 Å². The van der Waals surface area contributed by atoms with Crippen LogP contribution in [0, 0.1) is 0 Å². The van der Waals surface area contributed by atoms with Crippen LogP contribution in [-0.4, -0.2) is 44.8 Å². The molecule has 0 saturated heterocycles. The van der Waals surface area contributed by atoms with Crippen LogP contribution in [0.25, 0.3) is 0 Å². The highest BCUT2D eigenvalue weighted by Crippen LogP contribution is 2.10. The lowest BCUT2D eigenvalue weighted by molar-refractivity contribution is -0.144. The molecular formula is C13H19NO4S2. The molecule has 0 heterocycles. The second kappa shape index (κ2) is 8.28. The molecule has 0 spiro atoms. The van der Waals surface area contributed by atoms with E-state index in [1.54, 1.807) is 30.0 Å². The summed E-state index contributed by atoms with van der Waals surface area (Å²) in [6, 6.07) is 7.38. The third-order valence-electron chi connectivity index (χ3n) is 2.63. The Hall–Kier alpha value is -1.05. The fourth-order valence-electron chi connectivity index (χ4n) is 1.47. The summed E-state index contributed by atoms with van der Waals surface area (Å²) < 4.78 is 28.8. The number of hydrogen-bond acceptors (Lipinski definition) is 6. The summed E-state index contributed by atoms with van der Waals surface area (Å²) in [5.41, 5.74) is 5.63. The van der Waals surface area contributed by atoms with Crippen LogP contribution in [0.15, 0.2) is 35.2 Å². The summed E-state index contributed by atoms with van der Waals surface area (Å²) in [4.78, 5) is 11.7. The Labute approximate surface area is 123 Å². The molecule has 1 aromatic rings. The first kappa shape index (κ1) is 17.0. The van der Waals surface area contributed by atoms with Crippen molar-refractivity contribution >= 4 is 27.6 Å². The summed E-state index contributed by atoms with van der Waals surface area (Å²) in [6.07, 6.45) is 2.44. The van der Waals surface area contributed by atoms with Gasteiger partial charge in [-0.3, -0.25) is 4.79 Å². The summed E-state index contributed by atoms with van der Waals surface area (Å²) in [5.74, 6) is -0.0290. The maximum atomic E-state index is 11.9. The number of rotatable bonds is 8. The summed E-state index contributed by atoms with van der Waals surface area (Å²) in [6.45, 7) is -0.178. The van der Waals surface area contributed by atoms with E-state index in [1.165, 1.54) is 12.1 Å². The lowest BCUT2D eigenvalue weighted by atomic mass is 10.2. The van der Waals surface area contributed by atoms with Crippen LogP contribution < -0.4 is 5.73 Å². The molecule has 112 valence electrons. The van der Waals surface area contributed by atoms with Gasteiger partial charge in [0.05, 0.1) is 10.6 Å². The normalized spacial score (nSPS) is 12.9. The van der Waals surface area contributed by atoms with Gasteiger partial charge in [-0.15, -0.1) is 0 Å². The highest BCUT2D eigenvalue weighted by molar-refractivity contribution is 7.98. The molecular weight excluding hydrogens is 298 g/mol. The van der Waals surface area contributed by atoms with Crippen molar-refractivity contribution in [1.82, 2.24) is 0 Å². The smallest absolute Gasteiger partial charge is 0.322 e. The second-order valence-corrected chi connectivity index (χ2v) is 7.28. The molecule has 0 amide bonds. The maximum Gasteiger partial charge on any atom is 0.322 e. The van der Waals surface area contributed by atoms with Gasteiger partial charge in [0.1, 0.15) is 12.6 Å². The molecule has 1 rings (SSSR count). The fourth-order valence-corrected chi connectivity index (χ4v) is 3.07. The van der Waals surface area contributed by atoms with E-state index >= 15 is 0 Å². The minimum atomic E-state index is -3.42. The van der Waals surface area contributed by atoms with Gasteiger partial charge in [0, 0.05) is 0 Å². The number of sulfone groups is 1. The molecule has 0 bridgehead atoms.